The Kier molecular flexibility index (Phi) is 6.99. The van der Waals surface area contributed by atoms with Crippen molar-refractivity contribution in [2.24, 2.45) is 0 Å². The van der Waals surface area contributed by atoms with E-state index in [9.17, 15) is 13.2 Å². The van der Waals surface area contributed by atoms with Crippen molar-refractivity contribution < 1.29 is 13.2 Å². The lowest BCUT2D eigenvalue weighted by atomic mass is 10.1. The normalized spacial score (nSPS) is 20.0. The number of fused-ring (bicyclic) bond motifs is 1. The van der Waals surface area contributed by atoms with Gasteiger partial charge in [0.15, 0.2) is 0 Å². The van der Waals surface area contributed by atoms with E-state index in [1.165, 1.54) is 0 Å². The van der Waals surface area contributed by atoms with Gasteiger partial charge in [-0.2, -0.15) is 4.31 Å². The van der Waals surface area contributed by atoms with E-state index >= 15 is 0 Å². The minimum atomic E-state index is -3.44. The number of carbonyl (C=O) groups is 1. The smallest absolute Gasteiger partial charge is 0.243 e. The molecule has 5 rings (SSSR count). The van der Waals surface area contributed by atoms with E-state index in [2.05, 4.69) is 6.07 Å². The lowest BCUT2D eigenvalue weighted by molar-refractivity contribution is -0.132. The summed E-state index contributed by atoms with van der Waals surface area (Å²) < 4.78 is 28.8. The predicted octanol–water partition coefficient (Wildman–Crippen LogP) is 5.16. The number of aryl methyl sites for hydroxylation is 1. The number of carbonyl (C=O) groups excluding carboxylic acids is 1. The molecule has 0 radical (unpaired) electrons. The van der Waals surface area contributed by atoms with Crippen molar-refractivity contribution in [2.75, 3.05) is 19.6 Å². The molecular weight excluding hydrogens is 466 g/mol. The molecule has 8 heteroatoms. The van der Waals surface area contributed by atoms with Crippen LogP contribution < -0.4 is 0 Å². The monoisotopic (exact) mass is 497 g/mol. The van der Waals surface area contributed by atoms with Crippen LogP contribution in [0.2, 0.25) is 0 Å². The van der Waals surface area contributed by atoms with Crippen molar-refractivity contribution >= 4 is 37.5 Å². The Bertz CT molecular complexity index is 1210. The number of aromatic nitrogens is 1. The molecule has 2 fully saturated rings. The summed E-state index contributed by atoms with van der Waals surface area (Å²) in [6, 6.07) is 15.3. The van der Waals surface area contributed by atoms with Crippen molar-refractivity contribution in [2.45, 2.75) is 62.3 Å². The number of sulfonamides is 1. The van der Waals surface area contributed by atoms with Gasteiger partial charge in [-0.05, 0) is 61.9 Å². The molecule has 0 saturated carbocycles. The molecule has 0 bridgehead atoms. The van der Waals surface area contributed by atoms with Crippen molar-refractivity contribution in [3.63, 3.8) is 0 Å². The molecule has 2 saturated heterocycles. The van der Waals surface area contributed by atoms with Crippen LogP contribution >= 0.6 is 11.3 Å². The summed E-state index contributed by atoms with van der Waals surface area (Å²) >= 11 is 1.68. The molecule has 3 aromatic rings. The van der Waals surface area contributed by atoms with Gasteiger partial charge in [0, 0.05) is 26.1 Å². The number of benzene rings is 2. The molecule has 34 heavy (non-hydrogen) atoms. The molecule has 6 nitrogen and oxygen atoms in total. The Balaban J connectivity index is 1.22. The Hall–Kier alpha value is -2.29. The fourth-order valence-electron chi connectivity index (χ4n) is 5.01. The van der Waals surface area contributed by atoms with Gasteiger partial charge in [0.05, 0.1) is 21.2 Å². The number of hydrogen-bond donors (Lipinski definition) is 0. The molecule has 0 N–H and O–H groups in total. The highest BCUT2D eigenvalue weighted by Gasteiger charge is 2.32. The van der Waals surface area contributed by atoms with Crippen molar-refractivity contribution in [3.8, 4) is 0 Å². The van der Waals surface area contributed by atoms with Crippen LogP contribution in [-0.2, 0) is 21.2 Å². The highest BCUT2D eigenvalue weighted by molar-refractivity contribution is 7.89. The van der Waals surface area contributed by atoms with Crippen LogP contribution in [0.15, 0.2) is 53.4 Å². The van der Waals surface area contributed by atoms with Crippen molar-refractivity contribution in [3.05, 3.63) is 59.1 Å². The van der Waals surface area contributed by atoms with E-state index in [1.807, 2.05) is 35.2 Å². The second-order valence-electron chi connectivity index (χ2n) is 9.23. The molecule has 2 aliphatic heterocycles. The first kappa shape index (κ1) is 23.5. The van der Waals surface area contributed by atoms with Gasteiger partial charge in [-0.15, -0.1) is 11.3 Å². The highest BCUT2D eigenvalue weighted by Crippen LogP contribution is 2.36. The molecule has 3 heterocycles. The van der Waals surface area contributed by atoms with Gasteiger partial charge in [-0.3, -0.25) is 4.79 Å². The third-order valence-corrected chi connectivity index (χ3v) is 9.97. The minimum absolute atomic E-state index is 0.0612. The first-order valence-corrected chi connectivity index (χ1v) is 14.5. The Labute approximate surface area is 205 Å². The van der Waals surface area contributed by atoms with Gasteiger partial charge in [0.2, 0.25) is 15.9 Å². The van der Waals surface area contributed by atoms with E-state index in [-0.39, 0.29) is 11.9 Å². The fraction of sp³-hybridized carbons (Fsp3) is 0.462. The van der Waals surface area contributed by atoms with Crippen molar-refractivity contribution in [1.29, 1.82) is 0 Å². The summed E-state index contributed by atoms with van der Waals surface area (Å²) in [5.74, 6) is 0.142. The predicted molar refractivity (Wildman–Crippen MR) is 135 cm³/mol. The summed E-state index contributed by atoms with van der Waals surface area (Å²) in [6.07, 6.45) is 7.00. The first-order valence-electron chi connectivity index (χ1n) is 12.3. The summed E-state index contributed by atoms with van der Waals surface area (Å²) in [4.78, 5) is 20.2. The van der Waals surface area contributed by atoms with E-state index < -0.39 is 10.0 Å². The zero-order valence-electron chi connectivity index (χ0n) is 19.4. The molecule has 0 spiro atoms. The van der Waals surface area contributed by atoms with Crippen molar-refractivity contribution in [1.82, 2.24) is 14.2 Å². The number of hydrogen-bond acceptors (Lipinski definition) is 5. The van der Waals surface area contributed by atoms with Crippen LogP contribution in [0.5, 0.6) is 0 Å². The van der Waals surface area contributed by atoms with E-state index in [1.54, 1.807) is 27.8 Å². The lowest BCUT2D eigenvalue weighted by Crippen LogP contribution is -2.32. The fourth-order valence-corrected chi connectivity index (χ4v) is 7.64. The zero-order chi connectivity index (χ0) is 23.5. The second-order valence-corrected chi connectivity index (χ2v) is 12.2. The average Bonchev–Trinajstić information content (AvgIpc) is 3.42. The Morgan fingerprint density at radius 3 is 2.41 bits per heavy atom. The van der Waals surface area contributed by atoms with Crippen LogP contribution in [0.3, 0.4) is 0 Å². The van der Waals surface area contributed by atoms with E-state index in [0.717, 1.165) is 65.9 Å². The first-order chi connectivity index (χ1) is 16.5. The number of likely N-dealkylation sites (tertiary alicyclic amines) is 1. The highest BCUT2D eigenvalue weighted by atomic mass is 32.2. The van der Waals surface area contributed by atoms with E-state index in [0.29, 0.717) is 30.8 Å². The molecule has 1 aromatic heterocycles. The minimum Gasteiger partial charge on any atom is -0.333 e. The molecule has 2 aromatic carbocycles. The number of thiazole rings is 1. The summed E-state index contributed by atoms with van der Waals surface area (Å²) in [5, 5.41) is 1.02. The van der Waals surface area contributed by atoms with Gasteiger partial charge >= 0.3 is 0 Å². The number of para-hydroxylation sites is 1. The zero-order valence-corrected chi connectivity index (χ0v) is 21.0. The SMILES string of the molecule is O=C(CCc1ccc(S(=O)(=O)N2CCCCCC2)cc1)N1CCCC1c1nc2ccccc2s1. The van der Waals surface area contributed by atoms with Crippen LogP contribution in [-0.4, -0.2) is 48.1 Å². The largest absolute Gasteiger partial charge is 0.333 e. The quantitative estimate of drug-likeness (QED) is 0.472. The van der Waals surface area contributed by atoms with Gasteiger partial charge in [0.25, 0.3) is 0 Å². The van der Waals surface area contributed by atoms with Crippen LogP contribution in [0.4, 0.5) is 0 Å². The molecule has 1 amide bonds. The molecule has 180 valence electrons. The third-order valence-electron chi connectivity index (χ3n) is 6.92. The lowest BCUT2D eigenvalue weighted by Gasteiger charge is -2.23. The maximum Gasteiger partial charge on any atom is 0.243 e. The molecule has 0 aliphatic carbocycles. The topological polar surface area (TPSA) is 70.6 Å². The maximum atomic E-state index is 13.1. The number of amides is 1. The molecule has 1 unspecified atom stereocenters. The summed E-state index contributed by atoms with van der Waals surface area (Å²) in [7, 11) is -3.44. The Morgan fingerprint density at radius 1 is 0.941 bits per heavy atom. The van der Waals surface area contributed by atoms with Gasteiger partial charge in [0.1, 0.15) is 5.01 Å². The summed E-state index contributed by atoms with van der Waals surface area (Å²) in [5.41, 5.74) is 1.98. The number of nitrogens with zero attached hydrogens (tertiary/aromatic N) is 3. The standard InChI is InChI=1S/C26H31N3O3S2/c30-25(29-19-7-9-23(29)26-27-22-8-3-4-10-24(22)33-26)16-13-20-11-14-21(15-12-20)34(31,32)28-17-5-1-2-6-18-28/h3-4,8,10-12,14-15,23H,1-2,5-7,9,13,16-19H2. The summed E-state index contributed by atoms with van der Waals surface area (Å²) in [6.45, 7) is 1.97. The third kappa shape index (κ3) is 4.90. The molecular formula is C26H31N3O3S2. The van der Waals surface area contributed by atoms with E-state index in [4.69, 9.17) is 4.98 Å². The second kappa shape index (κ2) is 10.1. The Morgan fingerprint density at radius 2 is 1.68 bits per heavy atom. The van der Waals surface area contributed by atoms with Gasteiger partial charge < -0.3 is 4.90 Å². The van der Waals surface area contributed by atoms with Crippen LogP contribution in [0.1, 0.15) is 61.6 Å². The van der Waals surface area contributed by atoms with Gasteiger partial charge in [-0.1, -0.05) is 37.1 Å². The number of rotatable bonds is 6. The maximum absolute atomic E-state index is 13.1. The van der Waals surface area contributed by atoms with Crippen LogP contribution in [0.25, 0.3) is 10.2 Å². The molecule has 1 atom stereocenters. The van der Waals surface area contributed by atoms with Gasteiger partial charge in [-0.25, -0.2) is 13.4 Å². The van der Waals surface area contributed by atoms with Crippen LogP contribution in [0, 0.1) is 0 Å². The average molecular weight is 498 g/mol. The molecule has 2 aliphatic rings.